The fourth-order valence-corrected chi connectivity index (χ4v) is 1.98. The van der Waals surface area contributed by atoms with Gasteiger partial charge in [0.2, 0.25) is 0 Å². The molecule has 0 heterocycles. The van der Waals surface area contributed by atoms with E-state index < -0.39 is 0 Å². The molecule has 112 valence electrons. The molecule has 0 aliphatic rings. The van der Waals surface area contributed by atoms with E-state index in [0.29, 0.717) is 18.2 Å². The summed E-state index contributed by atoms with van der Waals surface area (Å²) < 4.78 is 11.4. The fourth-order valence-electron chi connectivity index (χ4n) is 1.85. The molecule has 2 aromatic rings. The van der Waals surface area contributed by atoms with Crippen molar-refractivity contribution in [1.82, 2.24) is 0 Å². The highest BCUT2D eigenvalue weighted by Gasteiger charge is 2.04. The number of rotatable bonds is 7. The smallest absolute Gasteiger partial charge is 0.142 e. The molecular weight excluding hydrogens is 286 g/mol. The van der Waals surface area contributed by atoms with E-state index in [1.807, 2.05) is 62.4 Å². The van der Waals surface area contributed by atoms with Gasteiger partial charge in [-0.25, -0.2) is 0 Å². The number of hydrogen-bond acceptors (Lipinski definition) is 3. The topological polar surface area (TPSA) is 30.5 Å². The molecule has 2 aromatic carbocycles. The average molecular weight is 306 g/mol. The highest BCUT2D eigenvalue weighted by atomic mass is 35.5. The summed E-state index contributed by atoms with van der Waals surface area (Å²) in [6, 6.07) is 15.3. The number of benzene rings is 2. The number of hydrogen-bond donors (Lipinski definition) is 1. The van der Waals surface area contributed by atoms with Crippen LogP contribution in [0.4, 0.5) is 5.69 Å². The number of ether oxygens (including phenoxy) is 2. The molecule has 0 unspecified atom stereocenters. The van der Waals surface area contributed by atoms with Gasteiger partial charge in [0.1, 0.15) is 18.1 Å². The minimum Gasteiger partial charge on any atom is -0.492 e. The fraction of sp³-hybridized carbons (Fsp3) is 0.294. The minimum absolute atomic E-state index is 0.151. The molecule has 0 saturated heterocycles. The van der Waals surface area contributed by atoms with Gasteiger partial charge in [-0.2, -0.15) is 0 Å². The van der Waals surface area contributed by atoms with Crippen LogP contribution in [-0.4, -0.2) is 19.3 Å². The summed E-state index contributed by atoms with van der Waals surface area (Å²) in [5, 5.41) is 4.03. The van der Waals surface area contributed by atoms with Gasteiger partial charge in [0, 0.05) is 11.6 Å². The Morgan fingerprint density at radius 2 is 1.76 bits per heavy atom. The average Bonchev–Trinajstić information content (AvgIpc) is 2.46. The zero-order chi connectivity index (χ0) is 15.1. The van der Waals surface area contributed by atoms with E-state index in [4.69, 9.17) is 21.1 Å². The maximum atomic E-state index is 5.83. The van der Waals surface area contributed by atoms with Crippen molar-refractivity contribution in [3.8, 4) is 11.5 Å². The zero-order valence-corrected chi connectivity index (χ0v) is 13.1. The molecule has 3 nitrogen and oxygen atoms in total. The molecule has 0 fully saturated rings. The molecule has 4 heteroatoms. The Morgan fingerprint density at radius 1 is 1.05 bits per heavy atom. The second kappa shape index (κ2) is 7.79. The first-order valence-electron chi connectivity index (χ1n) is 7.03. The van der Waals surface area contributed by atoms with Gasteiger partial charge in [-0.15, -0.1) is 0 Å². The van der Waals surface area contributed by atoms with Crippen LogP contribution in [0, 0.1) is 0 Å². The lowest BCUT2D eigenvalue weighted by atomic mass is 10.3. The van der Waals surface area contributed by atoms with E-state index in [0.717, 1.165) is 17.2 Å². The summed E-state index contributed by atoms with van der Waals surface area (Å²) in [7, 11) is 0. The van der Waals surface area contributed by atoms with E-state index >= 15 is 0 Å². The molecule has 0 amide bonds. The van der Waals surface area contributed by atoms with Crippen molar-refractivity contribution in [2.45, 2.75) is 20.0 Å². The maximum absolute atomic E-state index is 5.83. The Balaban J connectivity index is 1.82. The predicted octanol–water partition coefficient (Wildman–Crippen LogP) is 4.62. The lowest BCUT2D eigenvalue weighted by molar-refractivity contribution is 0.243. The number of anilines is 1. The summed E-state index contributed by atoms with van der Waals surface area (Å²) in [4.78, 5) is 0. The molecule has 2 rings (SSSR count). The van der Waals surface area contributed by atoms with E-state index in [-0.39, 0.29) is 6.10 Å². The summed E-state index contributed by atoms with van der Waals surface area (Å²) in [6.07, 6.45) is 0.151. The molecule has 0 atom stereocenters. The Morgan fingerprint density at radius 3 is 2.48 bits per heavy atom. The number of nitrogens with one attached hydrogen (secondary N) is 1. The van der Waals surface area contributed by atoms with Crippen LogP contribution in [0.25, 0.3) is 0 Å². The summed E-state index contributed by atoms with van der Waals surface area (Å²) in [5.41, 5.74) is 0.978. The number of para-hydroxylation sites is 2. The van der Waals surface area contributed by atoms with Gasteiger partial charge in [0.25, 0.3) is 0 Å². The van der Waals surface area contributed by atoms with Crippen LogP contribution in [0.1, 0.15) is 13.8 Å². The molecule has 0 spiro atoms. The maximum Gasteiger partial charge on any atom is 0.142 e. The van der Waals surface area contributed by atoms with Crippen LogP contribution in [0.3, 0.4) is 0 Å². The van der Waals surface area contributed by atoms with Crippen LogP contribution in [0.2, 0.25) is 5.02 Å². The lowest BCUT2D eigenvalue weighted by Crippen LogP contribution is -2.13. The minimum atomic E-state index is 0.151. The molecule has 0 aromatic heterocycles. The first-order chi connectivity index (χ1) is 10.1. The second-order valence-corrected chi connectivity index (χ2v) is 5.33. The van der Waals surface area contributed by atoms with Gasteiger partial charge >= 0.3 is 0 Å². The molecule has 0 bridgehead atoms. The molecule has 0 aliphatic heterocycles. The Bertz CT molecular complexity index is 555. The molecule has 0 saturated carbocycles. The van der Waals surface area contributed by atoms with Gasteiger partial charge in [-0.3, -0.25) is 0 Å². The first kappa shape index (κ1) is 15.5. The molecule has 0 aliphatic carbocycles. The third-order valence-corrected chi connectivity index (χ3v) is 3.00. The van der Waals surface area contributed by atoms with Crippen LogP contribution in [-0.2, 0) is 0 Å². The number of halogens is 1. The third kappa shape index (κ3) is 5.20. The predicted molar refractivity (Wildman–Crippen MR) is 87.6 cm³/mol. The van der Waals surface area contributed by atoms with Crippen molar-refractivity contribution < 1.29 is 9.47 Å². The zero-order valence-electron chi connectivity index (χ0n) is 12.3. The lowest BCUT2D eigenvalue weighted by Gasteiger charge is -2.15. The highest BCUT2D eigenvalue weighted by molar-refractivity contribution is 6.30. The quantitative estimate of drug-likeness (QED) is 0.757. The Kier molecular flexibility index (Phi) is 5.76. The standard InChI is InChI=1S/C17H20ClNO2/c1-13(2)21-17-6-4-3-5-16(17)19-11-12-20-15-9-7-14(18)8-10-15/h3-10,13,19H,11-12H2,1-2H3. The van der Waals surface area contributed by atoms with Gasteiger partial charge in [0.15, 0.2) is 0 Å². The molecule has 21 heavy (non-hydrogen) atoms. The van der Waals surface area contributed by atoms with Crippen molar-refractivity contribution in [3.63, 3.8) is 0 Å². The summed E-state index contributed by atoms with van der Waals surface area (Å²) >= 11 is 5.83. The van der Waals surface area contributed by atoms with Gasteiger partial charge < -0.3 is 14.8 Å². The summed E-state index contributed by atoms with van der Waals surface area (Å²) in [6.45, 7) is 5.29. The Hall–Kier alpha value is -1.87. The van der Waals surface area contributed by atoms with E-state index in [1.165, 1.54) is 0 Å². The van der Waals surface area contributed by atoms with E-state index in [2.05, 4.69) is 5.32 Å². The monoisotopic (exact) mass is 305 g/mol. The molecule has 0 radical (unpaired) electrons. The van der Waals surface area contributed by atoms with Crippen LogP contribution >= 0.6 is 11.6 Å². The normalized spacial score (nSPS) is 10.5. The Labute approximate surface area is 130 Å². The van der Waals surface area contributed by atoms with Crippen molar-refractivity contribution in [2.24, 2.45) is 0 Å². The molecular formula is C17H20ClNO2. The van der Waals surface area contributed by atoms with E-state index in [9.17, 15) is 0 Å². The third-order valence-electron chi connectivity index (χ3n) is 2.75. The van der Waals surface area contributed by atoms with Crippen LogP contribution in [0.15, 0.2) is 48.5 Å². The SMILES string of the molecule is CC(C)Oc1ccccc1NCCOc1ccc(Cl)cc1. The van der Waals surface area contributed by atoms with Crippen LogP contribution < -0.4 is 14.8 Å². The van der Waals surface area contributed by atoms with Crippen molar-refractivity contribution >= 4 is 17.3 Å². The van der Waals surface area contributed by atoms with Gasteiger partial charge in [-0.05, 0) is 50.2 Å². The highest BCUT2D eigenvalue weighted by Crippen LogP contribution is 2.24. The van der Waals surface area contributed by atoms with Gasteiger partial charge in [-0.1, -0.05) is 23.7 Å². The van der Waals surface area contributed by atoms with Gasteiger partial charge in [0.05, 0.1) is 11.8 Å². The second-order valence-electron chi connectivity index (χ2n) is 4.89. The largest absolute Gasteiger partial charge is 0.492 e. The van der Waals surface area contributed by atoms with Crippen molar-refractivity contribution in [2.75, 3.05) is 18.5 Å². The van der Waals surface area contributed by atoms with E-state index in [1.54, 1.807) is 0 Å². The van der Waals surface area contributed by atoms with Crippen molar-refractivity contribution in [3.05, 3.63) is 53.6 Å². The van der Waals surface area contributed by atoms with Crippen molar-refractivity contribution in [1.29, 1.82) is 0 Å². The summed E-state index contributed by atoms with van der Waals surface area (Å²) in [5.74, 6) is 1.67. The van der Waals surface area contributed by atoms with Crippen LogP contribution in [0.5, 0.6) is 11.5 Å². The first-order valence-corrected chi connectivity index (χ1v) is 7.41. The molecule has 1 N–H and O–H groups in total.